The number of hydrogen-bond acceptors (Lipinski definition) is 4. The third-order valence-corrected chi connectivity index (χ3v) is 4.15. The van der Waals surface area contributed by atoms with Crippen LogP contribution in [0.2, 0.25) is 0 Å². The predicted octanol–water partition coefficient (Wildman–Crippen LogP) is 1.71. The highest BCUT2D eigenvalue weighted by Crippen LogP contribution is 2.14. The van der Waals surface area contributed by atoms with Gasteiger partial charge in [-0.3, -0.25) is 9.59 Å². The summed E-state index contributed by atoms with van der Waals surface area (Å²) < 4.78 is 21.9. The van der Waals surface area contributed by atoms with Gasteiger partial charge in [0.2, 0.25) is 5.91 Å². The van der Waals surface area contributed by atoms with Crippen LogP contribution in [0.25, 0.3) is 0 Å². The van der Waals surface area contributed by atoms with Gasteiger partial charge in [-0.05, 0) is 30.5 Å². The molecule has 1 atom stereocenters. The molecular formula is C15H21NO5S. The molecule has 0 fully saturated rings. The summed E-state index contributed by atoms with van der Waals surface area (Å²) in [5.41, 5.74) is 1.49. The van der Waals surface area contributed by atoms with Crippen LogP contribution >= 0.6 is 0 Å². The number of aliphatic carboxylic acids is 1. The standard InChI is InChI=1S/C15H21NO5S/c1-11(15(18)19)10-12-5-7-13(8-6-12)16-14(17)4-3-9-22(2,20)21/h5-8,11H,3-4,9-10H2,1-2H3,(H,16,17)(H,18,19). The number of carboxylic acid groups (broad SMARTS) is 1. The molecule has 0 heterocycles. The molecule has 1 aromatic carbocycles. The molecule has 7 heteroatoms. The summed E-state index contributed by atoms with van der Waals surface area (Å²) in [7, 11) is -3.04. The van der Waals surface area contributed by atoms with Gasteiger partial charge in [-0.2, -0.15) is 0 Å². The van der Waals surface area contributed by atoms with Crippen molar-refractivity contribution in [1.82, 2.24) is 0 Å². The van der Waals surface area contributed by atoms with Crippen molar-refractivity contribution in [1.29, 1.82) is 0 Å². The highest BCUT2D eigenvalue weighted by atomic mass is 32.2. The number of benzene rings is 1. The highest BCUT2D eigenvalue weighted by molar-refractivity contribution is 7.90. The van der Waals surface area contributed by atoms with Gasteiger partial charge in [0.05, 0.1) is 11.7 Å². The normalized spacial score (nSPS) is 12.6. The number of amides is 1. The van der Waals surface area contributed by atoms with Gasteiger partial charge in [-0.1, -0.05) is 19.1 Å². The van der Waals surface area contributed by atoms with Crippen LogP contribution in [0.5, 0.6) is 0 Å². The first-order valence-corrected chi connectivity index (χ1v) is 9.03. The summed E-state index contributed by atoms with van der Waals surface area (Å²) in [5, 5.41) is 11.5. The van der Waals surface area contributed by atoms with Gasteiger partial charge in [0.25, 0.3) is 0 Å². The molecule has 0 aliphatic rings. The van der Waals surface area contributed by atoms with Crippen molar-refractivity contribution in [3.63, 3.8) is 0 Å². The van der Waals surface area contributed by atoms with E-state index in [0.29, 0.717) is 18.5 Å². The zero-order valence-electron chi connectivity index (χ0n) is 12.7. The summed E-state index contributed by atoms with van der Waals surface area (Å²) in [6.45, 7) is 1.64. The van der Waals surface area contributed by atoms with Crippen LogP contribution in [-0.2, 0) is 25.8 Å². The molecule has 6 nitrogen and oxygen atoms in total. The zero-order valence-corrected chi connectivity index (χ0v) is 13.5. The Morgan fingerprint density at radius 2 is 1.82 bits per heavy atom. The van der Waals surface area contributed by atoms with Crippen molar-refractivity contribution in [2.45, 2.75) is 26.2 Å². The van der Waals surface area contributed by atoms with E-state index in [1.54, 1.807) is 31.2 Å². The van der Waals surface area contributed by atoms with E-state index in [4.69, 9.17) is 5.11 Å². The Kier molecular flexibility index (Phi) is 6.55. The van der Waals surface area contributed by atoms with E-state index < -0.39 is 21.7 Å². The summed E-state index contributed by atoms with van der Waals surface area (Å²) in [6, 6.07) is 6.95. The highest BCUT2D eigenvalue weighted by Gasteiger charge is 2.11. The van der Waals surface area contributed by atoms with Crippen LogP contribution in [0.1, 0.15) is 25.3 Å². The summed E-state index contributed by atoms with van der Waals surface area (Å²) in [5.74, 6) is -1.55. The van der Waals surface area contributed by atoms with Gasteiger partial charge in [0, 0.05) is 18.4 Å². The fourth-order valence-corrected chi connectivity index (χ4v) is 2.55. The Bertz CT molecular complexity index is 622. The number of nitrogens with one attached hydrogen (secondary N) is 1. The molecule has 2 N–H and O–H groups in total. The molecule has 0 aliphatic carbocycles. The van der Waals surface area contributed by atoms with Gasteiger partial charge in [0.1, 0.15) is 9.84 Å². The maximum atomic E-state index is 11.7. The first kappa shape index (κ1) is 18.2. The maximum absolute atomic E-state index is 11.7. The Hall–Kier alpha value is -1.89. The quantitative estimate of drug-likeness (QED) is 0.757. The van der Waals surface area contributed by atoms with E-state index in [-0.39, 0.29) is 18.1 Å². The predicted molar refractivity (Wildman–Crippen MR) is 84.5 cm³/mol. The first-order chi connectivity index (χ1) is 10.2. The molecule has 0 radical (unpaired) electrons. The molecule has 0 saturated carbocycles. The van der Waals surface area contributed by atoms with Crippen molar-refractivity contribution in [3.8, 4) is 0 Å². The van der Waals surface area contributed by atoms with E-state index >= 15 is 0 Å². The molecule has 1 rings (SSSR count). The monoisotopic (exact) mass is 327 g/mol. The topological polar surface area (TPSA) is 101 Å². The van der Waals surface area contributed by atoms with Gasteiger partial charge in [-0.25, -0.2) is 8.42 Å². The van der Waals surface area contributed by atoms with E-state index in [9.17, 15) is 18.0 Å². The summed E-state index contributed by atoms with van der Waals surface area (Å²) in [6.07, 6.45) is 2.00. The lowest BCUT2D eigenvalue weighted by atomic mass is 10.0. The minimum atomic E-state index is -3.04. The second kappa shape index (κ2) is 7.93. The molecule has 22 heavy (non-hydrogen) atoms. The number of rotatable bonds is 8. The molecule has 0 spiro atoms. The Morgan fingerprint density at radius 3 is 2.32 bits per heavy atom. The third-order valence-electron chi connectivity index (χ3n) is 3.12. The number of carboxylic acids is 1. The molecule has 0 bridgehead atoms. The minimum Gasteiger partial charge on any atom is -0.481 e. The van der Waals surface area contributed by atoms with Gasteiger partial charge >= 0.3 is 5.97 Å². The fourth-order valence-electron chi connectivity index (χ4n) is 1.88. The minimum absolute atomic E-state index is 0.00751. The second-order valence-electron chi connectivity index (χ2n) is 5.42. The molecule has 0 aromatic heterocycles. The van der Waals surface area contributed by atoms with Crippen LogP contribution < -0.4 is 5.32 Å². The first-order valence-electron chi connectivity index (χ1n) is 6.96. The molecule has 122 valence electrons. The number of carbonyl (C=O) groups is 2. The van der Waals surface area contributed by atoms with Crippen LogP contribution in [0.15, 0.2) is 24.3 Å². The molecule has 0 aliphatic heterocycles. The molecule has 1 amide bonds. The fraction of sp³-hybridized carbons (Fsp3) is 0.467. The van der Waals surface area contributed by atoms with E-state index in [2.05, 4.69) is 5.32 Å². The van der Waals surface area contributed by atoms with Crippen LogP contribution in [0.3, 0.4) is 0 Å². The number of sulfone groups is 1. The van der Waals surface area contributed by atoms with E-state index in [1.807, 2.05) is 0 Å². The number of hydrogen-bond donors (Lipinski definition) is 2. The number of carbonyl (C=O) groups excluding carboxylic acids is 1. The lowest BCUT2D eigenvalue weighted by molar-refractivity contribution is -0.141. The van der Waals surface area contributed by atoms with Crippen LogP contribution in [0, 0.1) is 5.92 Å². The Balaban J connectivity index is 2.47. The third kappa shape index (κ3) is 7.21. The average molecular weight is 327 g/mol. The summed E-state index contributed by atoms with van der Waals surface area (Å²) >= 11 is 0. The lowest BCUT2D eigenvalue weighted by Crippen LogP contribution is -2.14. The van der Waals surface area contributed by atoms with E-state index in [1.165, 1.54) is 0 Å². The average Bonchev–Trinajstić information content (AvgIpc) is 2.39. The van der Waals surface area contributed by atoms with Crippen molar-refractivity contribution < 1.29 is 23.1 Å². The molecule has 1 aromatic rings. The van der Waals surface area contributed by atoms with Crippen molar-refractivity contribution in [2.75, 3.05) is 17.3 Å². The number of anilines is 1. The summed E-state index contributed by atoms with van der Waals surface area (Å²) in [4.78, 5) is 22.5. The van der Waals surface area contributed by atoms with Gasteiger partial charge < -0.3 is 10.4 Å². The molecular weight excluding hydrogens is 306 g/mol. The van der Waals surface area contributed by atoms with Gasteiger partial charge in [0.15, 0.2) is 0 Å². The van der Waals surface area contributed by atoms with Crippen molar-refractivity contribution >= 4 is 27.4 Å². The van der Waals surface area contributed by atoms with E-state index in [0.717, 1.165) is 11.8 Å². The van der Waals surface area contributed by atoms with Gasteiger partial charge in [-0.15, -0.1) is 0 Å². The smallest absolute Gasteiger partial charge is 0.306 e. The SMILES string of the molecule is CC(Cc1ccc(NC(=O)CCCS(C)(=O)=O)cc1)C(=O)O. The second-order valence-corrected chi connectivity index (χ2v) is 7.68. The maximum Gasteiger partial charge on any atom is 0.306 e. The van der Waals surface area contributed by atoms with Crippen LogP contribution in [-0.4, -0.2) is 37.4 Å². The van der Waals surface area contributed by atoms with Crippen molar-refractivity contribution in [3.05, 3.63) is 29.8 Å². The lowest BCUT2D eigenvalue weighted by Gasteiger charge is -2.08. The molecule has 1 unspecified atom stereocenters. The Morgan fingerprint density at radius 1 is 1.23 bits per heavy atom. The molecule has 0 saturated heterocycles. The van der Waals surface area contributed by atoms with Crippen molar-refractivity contribution in [2.24, 2.45) is 5.92 Å². The van der Waals surface area contributed by atoms with Crippen LogP contribution in [0.4, 0.5) is 5.69 Å². The largest absolute Gasteiger partial charge is 0.481 e. The Labute approximate surface area is 130 Å². The zero-order chi connectivity index (χ0) is 16.8.